The van der Waals surface area contributed by atoms with Crippen LogP contribution in [0, 0.1) is 0 Å². The van der Waals surface area contributed by atoms with Crippen molar-refractivity contribution in [2.75, 3.05) is 19.7 Å². The number of hydrogen-bond donors (Lipinski definition) is 4. The summed E-state index contributed by atoms with van der Waals surface area (Å²) in [6, 6.07) is 3.81. The molecule has 0 aliphatic rings. The zero-order valence-corrected chi connectivity index (χ0v) is 19.7. The molecule has 0 radical (unpaired) electrons. The number of carbonyl (C=O) groups is 3. The first kappa shape index (κ1) is 27.2. The van der Waals surface area contributed by atoms with Crippen molar-refractivity contribution in [3.63, 3.8) is 0 Å². The monoisotopic (exact) mass is 451 g/mol. The number of nitrogens with one attached hydrogen (secondary N) is 2. The van der Waals surface area contributed by atoms with Gasteiger partial charge in [0.2, 0.25) is 11.8 Å². The lowest BCUT2D eigenvalue weighted by molar-refractivity contribution is -0.143. The number of aliphatic hydroxyl groups excluding tert-OH is 1. The number of phenols is 1. The highest BCUT2D eigenvalue weighted by Crippen LogP contribution is 2.25. The predicted octanol–water partition coefficient (Wildman–Crippen LogP) is 2.47. The third-order valence-corrected chi connectivity index (χ3v) is 4.49. The molecule has 9 heteroatoms. The molecule has 0 aliphatic heterocycles. The van der Waals surface area contributed by atoms with Crippen molar-refractivity contribution in [3.8, 4) is 5.75 Å². The summed E-state index contributed by atoms with van der Waals surface area (Å²) in [4.78, 5) is 40.0. The second kappa shape index (κ2) is 12.9. The van der Waals surface area contributed by atoms with E-state index in [9.17, 15) is 24.6 Å². The SMILES string of the molecule is CCCCNC(=O)C(c1cccc(O)c1)N(CCC)C(=O)C(CO)NC(=O)OC(C)(C)C. The van der Waals surface area contributed by atoms with Gasteiger partial charge in [-0.3, -0.25) is 9.59 Å². The zero-order chi connectivity index (χ0) is 24.3. The van der Waals surface area contributed by atoms with Crippen molar-refractivity contribution < 1.29 is 29.3 Å². The Morgan fingerprint density at radius 1 is 1.16 bits per heavy atom. The predicted molar refractivity (Wildman–Crippen MR) is 121 cm³/mol. The van der Waals surface area contributed by atoms with Gasteiger partial charge in [0.15, 0.2) is 0 Å². The summed E-state index contributed by atoms with van der Waals surface area (Å²) in [5.74, 6) is -1.07. The Labute approximate surface area is 190 Å². The van der Waals surface area contributed by atoms with E-state index in [0.717, 1.165) is 12.8 Å². The molecule has 0 aromatic heterocycles. The van der Waals surface area contributed by atoms with E-state index in [1.165, 1.54) is 17.0 Å². The van der Waals surface area contributed by atoms with E-state index in [-0.39, 0.29) is 12.3 Å². The minimum atomic E-state index is -1.29. The van der Waals surface area contributed by atoms with Crippen LogP contribution in [0.4, 0.5) is 4.79 Å². The third kappa shape index (κ3) is 8.74. The molecule has 4 N–H and O–H groups in total. The van der Waals surface area contributed by atoms with E-state index in [1.807, 2.05) is 13.8 Å². The number of unbranched alkanes of at least 4 members (excludes halogenated alkanes) is 1. The van der Waals surface area contributed by atoms with Crippen LogP contribution in [0.15, 0.2) is 24.3 Å². The molecule has 9 nitrogen and oxygen atoms in total. The quantitative estimate of drug-likeness (QED) is 0.383. The Bertz CT molecular complexity index is 762. The minimum Gasteiger partial charge on any atom is -0.508 e. The first-order valence-corrected chi connectivity index (χ1v) is 11.0. The number of rotatable bonds is 11. The number of aliphatic hydroxyl groups is 1. The van der Waals surface area contributed by atoms with Gasteiger partial charge in [-0.1, -0.05) is 32.4 Å². The molecule has 2 unspecified atom stereocenters. The molecule has 1 rings (SSSR count). The van der Waals surface area contributed by atoms with E-state index in [2.05, 4.69) is 10.6 Å². The number of phenolic OH excluding ortho intramolecular Hbond substituents is 1. The average molecular weight is 452 g/mol. The normalized spacial score (nSPS) is 13.1. The number of benzene rings is 1. The summed E-state index contributed by atoms with van der Waals surface area (Å²) in [5.41, 5.74) is -0.353. The average Bonchev–Trinajstić information content (AvgIpc) is 2.70. The molecule has 1 aromatic carbocycles. The summed E-state index contributed by atoms with van der Waals surface area (Å²) >= 11 is 0. The van der Waals surface area contributed by atoms with E-state index in [4.69, 9.17) is 4.74 Å². The van der Waals surface area contributed by atoms with Gasteiger partial charge in [-0.2, -0.15) is 0 Å². The maximum absolute atomic E-state index is 13.4. The Morgan fingerprint density at radius 2 is 1.84 bits per heavy atom. The van der Waals surface area contributed by atoms with Gasteiger partial charge in [0.1, 0.15) is 23.4 Å². The Balaban J connectivity index is 3.25. The minimum absolute atomic E-state index is 0.0386. The summed E-state index contributed by atoms with van der Waals surface area (Å²) in [5, 5.41) is 25.0. The van der Waals surface area contributed by atoms with Crippen LogP contribution in [0.1, 0.15) is 65.5 Å². The molecule has 2 atom stereocenters. The first-order valence-electron chi connectivity index (χ1n) is 11.0. The van der Waals surface area contributed by atoms with Gasteiger partial charge in [-0.25, -0.2) is 4.79 Å². The number of nitrogens with zero attached hydrogens (tertiary/aromatic N) is 1. The lowest BCUT2D eigenvalue weighted by atomic mass is 10.0. The molecule has 1 aromatic rings. The second-order valence-corrected chi connectivity index (χ2v) is 8.56. The number of aromatic hydroxyl groups is 1. The lowest BCUT2D eigenvalue weighted by Gasteiger charge is -2.34. The number of amides is 3. The van der Waals surface area contributed by atoms with E-state index in [0.29, 0.717) is 18.5 Å². The molecular weight excluding hydrogens is 414 g/mol. The van der Waals surface area contributed by atoms with Crippen LogP contribution >= 0.6 is 0 Å². The molecule has 0 saturated heterocycles. The van der Waals surface area contributed by atoms with Crippen molar-refractivity contribution in [2.24, 2.45) is 0 Å². The molecule has 32 heavy (non-hydrogen) atoms. The van der Waals surface area contributed by atoms with Crippen molar-refractivity contribution in [1.82, 2.24) is 15.5 Å². The maximum atomic E-state index is 13.4. The summed E-state index contributed by atoms with van der Waals surface area (Å²) in [6.07, 6.45) is 1.36. The molecule has 0 fully saturated rings. The molecule has 3 amide bonds. The van der Waals surface area contributed by atoms with Crippen LogP contribution < -0.4 is 10.6 Å². The Kier molecular flexibility index (Phi) is 11.0. The largest absolute Gasteiger partial charge is 0.508 e. The van der Waals surface area contributed by atoms with Gasteiger partial charge < -0.3 is 30.5 Å². The number of alkyl carbamates (subject to hydrolysis) is 1. The molecule has 0 saturated carbocycles. The van der Waals surface area contributed by atoms with E-state index < -0.39 is 42.2 Å². The van der Waals surface area contributed by atoms with Crippen LogP contribution in [0.3, 0.4) is 0 Å². The Morgan fingerprint density at radius 3 is 2.38 bits per heavy atom. The fourth-order valence-electron chi connectivity index (χ4n) is 3.10. The highest BCUT2D eigenvalue weighted by atomic mass is 16.6. The standard InChI is InChI=1S/C23H37N3O6/c1-6-8-12-24-20(29)19(16-10-9-11-17(28)14-16)26(13-7-2)21(30)18(15-27)25-22(31)32-23(3,4)5/h9-11,14,18-19,27-28H,6-8,12-13,15H2,1-5H3,(H,24,29)(H,25,31). The number of ether oxygens (including phenoxy) is 1. The smallest absolute Gasteiger partial charge is 0.408 e. The van der Waals surface area contributed by atoms with Gasteiger partial charge in [0, 0.05) is 13.1 Å². The maximum Gasteiger partial charge on any atom is 0.408 e. The van der Waals surface area contributed by atoms with Crippen LogP contribution in [0.25, 0.3) is 0 Å². The highest BCUT2D eigenvalue weighted by molar-refractivity contribution is 5.92. The van der Waals surface area contributed by atoms with Gasteiger partial charge in [0.25, 0.3) is 0 Å². The molecule has 0 bridgehead atoms. The topological polar surface area (TPSA) is 128 Å². The second-order valence-electron chi connectivity index (χ2n) is 8.56. The van der Waals surface area contributed by atoms with Crippen LogP contribution in [0.2, 0.25) is 0 Å². The Hall–Kier alpha value is -2.81. The molecule has 0 heterocycles. The third-order valence-electron chi connectivity index (χ3n) is 4.49. The highest BCUT2D eigenvalue weighted by Gasteiger charge is 2.35. The van der Waals surface area contributed by atoms with Crippen molar-refractivity contribution in [3.05, 3.63) is 29.8 Å². The van der Waals surface area contributed by atoms with Crippen molar-refractivity contribution in [1.29, 1.82) is 0 Å². The van der Waals surface area contributed by atoms with E-state index in [1.54, 1.807) is 32.9 Å². The van der Waals surface area contributed by atoms with Crippen molar-refractivity contribution >= 4 is 17.9 Å². The number of hydrogen-bond acceptors (Lipinski definition) is 6. The van der Waals surface area contributed by atoms with Crippen LogP contribution in [-0.2, 0) is 14.3 Å². The van der Waals surface area contributed by atoms with Crippen LogP contribution in [0.5, 0.6) is 5.75 Å². The summed E-state index contributed by atoms with van der Waals surface area (Å²) < 4.78 is 5.19. The molecule has 0 aliphatic carbocycles. The van der Waals surface area contributed by atoms with Gasteiger partial charge in [0.05, 0.1) is 6.61 Å². The summed E-state index contributed by atoms with van der Waals surface area (Å²) in [7, 11) is 0. The fraction of sp³-hybridized carbons (Fsp3) is 0.609. The molecule has 0 spiro atoms. The van der Waals surface area contributed by atoms with Gasteiger partial charge >= 0.3 is 6.09 Å². The molecular formula is C23H37N3O6. The number of carbonyl (C=O) groups excluding carboxylic acids is 3. The van der Waals surface area contributed by atoms with Crippen molar-refractivity contribution in [2.45, 2.75) is 71.6 Å². The lowest BCUT2D eigenvalue weighted by Crippen LogP contribution is -2.54. The fourth-order valence-corrected chi connectivity index (χ4v) is 3.10. The van der Waals surface area contributed by atoms with Gasteiger partial charge in [-0.15, -0.1) is 0 Å². The first-order chi connectivity index (χ1) is 15.0. The zero-order valence-electron chi connectivity index (χ0n) is 19.7. The summed E-state index contributed by atoms with van der Waals surface area (Å²) in [6.45, 7) is 8.89. The van der Waals surface area contributed by atoms with E-state index >= 15 is 0 Å². The van der Waals surface area contributed by atoms with Gasteiger partial charge in [-0.05, 0) is 51.3 Å². The molecule has 180 valence electrons. The van der Waals surface area contributed by atoms with Crippen LogP contribution in [-0.4, -0.2) is 64.4 Å².